The third kappa shape index (κ3) is 1.70. The Balaban J connectivity index is 2.02. The van der Waals surface area contributed by atoms with Crippen molar-refractivity contribution in [3.63, 3.8) is 0 Å². The summed E-state index contributed by atoms with van der Waals surface area (Å²) in [4.78, 5) is 0. The largest absolute Gasteiger partial charge is 0.394 e. The monoisotopic (exact) mass is 198 g/mol. The van der Waals surface area contributed by atoms with Crippen molar-refractivity contribution in [1.29, 1.82) is 0 Å². The molecule has 2 fully saturated rings. The molecule has 2 rings (SSSR count). The molecule has 2 heteroatoms. The molecule has 14 heavy (non-hydrogen) atoms. The first-order valence-corrected chi connectivity index (χ1v) is 6.09. The van der Waals surface area contributed by atoms with E-state index in [-0.39, 0.29) is 18.3 Å². The van der Waals surface area contributed by atoms with Gasteiger partial charge in [0, 0.05) is 0 Å². The molecule has 0 amide bonds. The van der Waals surface area contributed by atoms with E-state index in [0.717, 1.165) is 18.8 Å². The molecule has 0 aromatic carbocycles. The molecule has 1 aliphatic carbocycles. The fourth-order valence-electron chi connectivity index (χ4n) is 2.99. The predicted octanol–water partition coefficient (Wildman–Crippen LogP) is 2.50. The minimum Gasteiger partial charge on any atom is -0.394 e. The second-order valence-electron chi connectivity index (χ2n) is 4.86. The van der Waals surface area contributed by atoms with Crippen LogP contribution in [0.15, 0.2) is 0 Å². The van der Waals surface area contributed by atoms with Crippen LogP contribution < -0.4 is 0 Å². The number of hydrogen-bond donors (Lipinski definition) is 1. The maximum absolute atomic E-state index is 9.17. The highest BCUT2D eigenvalue weighted by atomic mass is 16.5. The highest BCUT2D eigenvalue weighted by molar-refractivity contribution is 4.94. The lowest BCUT2D eigenvalue weighted by Crippen LogP contribution is -2.49. The van der Waals surface area contributed by atoms with Crippen LogP contribution in [-0.4, -0.2) is 23.4 Å². The van der Waals surface area contributed by atoms with Gasteiger partial charge >= 0.3 is 0 Å². The average molecular weight is 198 g/mol. The normalized spacial score (nSPS) is 39.4. The highest BCUT2D eigenvalue weighted by Gasteiger charge is 2.44. The van der Waals surface area contributed by atoms with E-state index >= 15 is 0 Å². The van der Waals surface area contributed by atoms with Gasteiger partial charge in [-0.3, -0.25) is 0 Å². The van der Waals surface area contributed by atoms with Crippen molar-refractivity contribution < 1.29 is 9.84 Å². The van der Waals surface area contributed by atoms with Crippen molar-refractivity contribution in [3.05, 3.63) is 0 Å². The molecule has 1 aliphatic heterocycles. The standard InChI is InChI=1S/C12H22O2/c1-2-12(10-5-3-6-10)8-4-7-11(9-13)14-12/h10-11,13H,2-9H2,1H3. The molecule has 1 saturated heterocycles. The van der Waals surface area contributed by atoms with Gasteiger partial charge in [-0.1, -0.05) is 13.3 Å². The molecule has 1 heterocycles. The Morgan fingerprint density at radius 2 is 2.07 bits per heavy atom. The molecule has 82 valence electrons. The van der Waals surface area contributed by atoms with Crippen LogP contribution in [0.5, 0.6) is 0 Å². The van der Waals surface area contributed by atoms with Crippen LogP contribution in [0.2, 0.25) is 0 Å². The maximum Gasteiger partial charge on any atom is 0.0813 e. The zero-order chi connectivity index (χ0) is 10.0. The number of rotatable bonds is 3. The Kier molecular flexibility index (Phi) is 3.13. The molecule has 0 radical (unpaired) electrons. The summed E-state index contributed by atoms with van der Waals surface area (Å²) in [6.45, 7) is 2.44. The van der Waals surface area contributed by atoms with Gasteiger partial charge in [-0.25, -0.2) is 0 Å². The van der Waals surface area contributed by atoms with Crippen LogP contribution >= 0.6 is 0 Å². The minimum atomic E-state index is 0.115. The first-order chi connectivity index (χ1) is 6.80. The lowest BCUT2D eigenvalue weighted by Gasteiger charge is -2.49. The molecule has 2 aliphatic rings. The molecule has 1 N–H and O–H groups in total. The molecular formula is C12H22O2. The third-order valence-corrected chi connectivity index (χ3v) is 4.18. The molecule has 2 atom stereocenters. The zero-order valence-corrected chi connectivity index (χ0v) is 9.17. The summed E-state index contributed by atoms with van der Waals surface area (Å²) in [5.74, 6) is 0.779. The molecule has 2 nitrogen and oxygen atoms in total. The minimum absolute atomic E-state index is 0.115. The Morgan fingerprint density at radius 1 is 1.29 bits per heavy atom. The van der Waals surface area contributed by atoms with Crippen LogP contribution in [0.4, 0.5) is 0 Å². The summed E-state index contributed by atoms with van der Waals surface area (Å²) in [5, 5.41) is 9.17. The lowest BCUT2D eigenvalue weighted by atomic mass is 9.68. The summed E-state index contributed by atoms with van der Waals surface area (Å²) in [6, 6.07) is 0. The van der Waals surface area contributed by atoms with E-state index in [9.17, 15) is 0 Å². The second kappa shape index (κ2) is 4.19. The second-order valence-corrected chi connectivity index (χ2v) is 4.86. The summed E-state index contributed by atoms with van der Waals surface area (Å²) in [5.41, 5.74) is 0.129. The van der Waals surface area contributed by atoms with Crippen LogP contribution in [0.1, 0.15) is 51.9 Å². The SMILES string of the molecule is CCC1(C2CCC2)CCCC(CO)O1. The first kappa shape index (κ1) is 10.4. The van der Waals surface area contributed by atoms with E-state index < -0.39 is 0 Å². The summed E-state index contributed by atoms with van der Waals surface area (Å²) in [7, 11) is 0. The van der Waals surface area contributed by atoms with Gasteiger partial charge in [-0.15, -0.1) is 0 Å². The number of aliphatic hydroxyl groups is 1. The Bertz CT molecular complexity index is 189. The molecule has 1 saturated carbocycles. The lowest BCUT2D eigenvalue weighted by molar-refractivity contribution is -0.185. The van der Waals surface area contributed by atoms with E-state index in [2.05, 4.69) is 6.92 Å². The van der Waals surface area contributed by atoms with Crippen molar-refractivity contribution in [1.82, 2.24) is 0 Å². The number of ether oxygens (including phenoxy) is 1. The van der Waals surface area contributed by atoms with Crippen molar-refractivity contribution in [3.8, 4) is 0 Å². The predicted molar refractivity (Wildman–Crippen MR) is 56.2 cm³/mol. The number of hydrogen-bond acceptors (Lipinski definition) is 2. The van der Waals surface area contributed by atoms with E-state index in [1.54, 1.807) is 0 Å². The van der Waals surface area contributed by atoms with E-state index in [1.807, 2.05) is 0 Å². The van der Waals surface area contributed by atoms with Crippen molar-refractivity contribution in [2.75, 3.05) is 6.61 Å². The van der Waals surface area contributed by atoms with Gasteiger partial charge in [-0.05, 0) is 44.4 Å². The zero-order valence-electron chi connectivity index (χ0n) is 9.17. The molecule has 0 spiro atoms. The van der Waals surface area contributed by atoms with Gasteiger partial charge in [0.15, 0.2) is 0 Å². The smallest absolute Gasteiger partial charge is 0.0813 e. The number of aliphatic hydroxyl groups excluding tert-OH is 1. The third-order valence-electron chi connectivity index (χ3n) is 4.18. The molecular weight excluding hydrogens is 176 g/mol. The van der Waals surface area contributed by atoms with Crippen molar-refractivity contribution in [2.45, 2.75) is 63.6 Å². The molecule has 2 unspecified atom stereocenters. The van der Waals surface area contributed by atoms with Gasteiger partial charge in [-0.2, -0.15) is 0 Å². The van der Waals surface area contributed by atoms with Crippen LogP contribution in [0.3, 0.4) is 0 Å². The van der Waals surface area contributed by atoms with Gasteiger partial charge in [0.05, 0.1) is 18.3 Å². The maximum atomic E-state index is 9.17. The van der Waals surface area contributed by atoms with E-state index in [0.29, 0.717) is 0 Å². The van der Waals surface area contributed by atoms with Crippen molar-refractivity contribution >= 4 is 0 Å². The molecule has 0 bridgehead atoms. The van der Waals surface area contributed by atoms with E-state index in [4.69, 9.17) is 9.84 Å². The van der Waals surface area contributed by atoms with Crippen molar-refractivity contribution in [2.24, 2.45) is 5.92 Å². The Morgan fingerprint density at radius 3 is 2.57 bits per heavy atom. The fourth-order valence-corrected chi connectivity index (χ4v) is 2.99. The Labute approximate surface area is 86.6 Å². The highest BCUT2D eigenvalue weighted by Crippen LogP contribution is 2.46. The summed E-state index contributed by atoms with van der Waals surface area (Å²) in [6.07, 6.45) is 8.78. The topological polar surface area (TPSA) is 29.5 Å². The average Bonchev–Trinajstić information content (AvgIpc) is 2.15. The van der Waals surface area contributed by atoms with E-state index in [1.165, 1.54) is 32.1 Å². The first-order valence-electron chi connectivity index (χ1n) is 6.09. The molecule has 0 aromatic heterocycles. The van der Waals surface area contributed by atoms with Gasteiger partial charge in [0.1, 0.15) is 0 Å². The van der Waals surface area contributed by atoms with Gasteiger partial charge in [0.25, 0.3) is 0 Å². The van der Waals surface area contributed by atoms with Gasteiger partial charge < -0.3 is 9.84 Å². The van der Waals surface area contributed by atoms with Crippen LogP contribution in [-0.2, 0) is 4.74 Å². The van der Waals surface area contributed by atoms with Crippen LogP contribution in [0, 0.1) is 5.92 Å². The quantitative estimate of drug-likeness (QED) is 0.755. The Hall–Kier alpha value is -0.0800. The molecule has 0 aromatic rings. The van der Waals surface area contributed by atoms with Crippen LogP contribution in [0.25, 0.3) is 0 Å². The summed E-state index contributed by atoms with van der Waals surface area (Å²) < 4.78 is 6.13. The van der Waals surface area contributed by atoms with Gasteiger partial charge in [0.2, 0.25) is 0 Å². The summed E-state index contributed by atoms with van der Waals surface area (Å²) >= 11 is 0. The fraction of sp³-hybridized carbons (Fsp3) is 1.00.